The Hall–Kier alpha value is -3.85. The molecule has 0 saturated heterocycles. The van der Waals surface area contributed by atoms with Crippen LogP contribution in [0.3, 0.4) is 0 Å². The number of fused-ring (bicyclic) bond motifs is 2. The third-order valence-corrected chi connectivity index (χ3v) is 6.54. The maximum absolute atomic E-state index is 11.9. The average Bonchev–Trinajstić information content (AvgIpc) is 3.45. The number of rotatable bonds is 6. The Morgan fingerprint density at radius 1 is 1.12 bits per heavy atom. The van der Waals surface area contributed by atoms with Crippen molar-refractivity contribution in [2.75, 3.05) is 43.3 Å². The van der Waals surface area contributed by atoms with E-state index in [9.17, 15) is 4.79 Å². The molecule has 2 aromatic carbocycles. The van der Waals surface area contributed by atoms with E-state index >= 15 is 0 Å². The maximum Gasteiger partial charge on any atom is 0.337 e. The molecule has 2 N–H and O–H groups in total. The molecular formula is C24H23N5O3S. The van der Waals surface area contributed by atoms with Crippen LogP contribution < -0.4 is 20.3 Å². The number of methoxy groups -OCH3 is 2. The molecule has 0 unspecified atom stereocenters. The van der Waals surface area contributed by atoms with Gasteiger partial charge in [0.15, 0.2) is 5.82 Å². The van der Waals surface area contributed by atoms with Crippen LogP contribution in [0, 0.1) is 0 Å². The summed E-state index contributed by atoms with van der Waals surface area (Å²) in [7, 11) is 5.11. The predicted octanol–water partition coefficient (Wildman–Crippen LogP) is 4.97. The lowest BCUT2D eigenvalue weighted by Gasteiger charge is -2.17. The summed E-state index contributed by atoms with van der Waals surface area (Å²) in [6, 6.07) is 13.2. The summed E-state index contributed by atoms with van der Waals surface area (Å²) in [5, 5.41) is 8.64. The highest BCUT2D eigenvalue weighted by atomic mass is 32.1. The van der Waals surface area contributed by atoms with Crippen LogP contribution in [-0.4, -0.2) is 43.7 Å². The van der Waals surface area contributed by atoms with Crippen LogP contribution in [0.2, 0.25) is 0 Å². The highest BCUT2D eigenvalue weighted by molar-refractivity contribution is 7.17. The van der Waals surface area contributed by atoms with Gasteiger partial charge in [0.2, 0.25) is 5.95 Å². The molecule has 0 bridgehead atoms. The zero-order valence-electron chi connectivity index (χ0n) is 18.5. The van der Waals surface area contributed by atoms with Crippen molar-refractivity contribution < 1.29 is 14.3 Å². The number of ether oxygens (including phenoxy) is 2. The number of benzene rings is 2. The zero-order valence-corrected chi connectivity index (χ0v) is 19.3. The number of hydrogen-bond donors (Lipinski definition) is 2. The largest absolute Gasteiger partial charge is 0.495 e. The lowest BCUT2D eigenvalue weighted by Crippen LogP contribution is -2.12. The molecule has 0 aliphatic carbocycles. The van der Waals surface area contributed by atoms with Gasteiger partial charge in [-0.25, -0.2) is 9.78 Å². The first-order valence-corrected chi connectivity index (χ1v) is 11.3. The molecule has 0 fully saturated rings. The monoisotopic (exact) mass is 461 g/mol. The molecule has 168 valence electrons. The average molecular weight is 462 g/mol. The molecule has 2 aromatic heterocycles. The number of likely N-dealkylation sites (N-methyl/N-ethyl adjacent to an activating group) is 1. The Kier molecular flexibility index (Phi) is 5.47. The maximum atomic E-state index is 11.9. The van der Waals surface area contributed by atoms with Crippen LogP contribution in [0.1, 0.15) is 15.9 Å². The SMILES string of the molecule is COC(=O)c1cccc(Nc2nc(Nc3cc4c(cc3OC)CCN4C)nc3ccsc23)c1. The molecule has 0 amide bonds. The molecule has 3 heterocycles. The highest BCUT2D eigenvalue weighted by Crippen LogP contribution is 2.38. The van der Waals surface area contributed by atoms with Crippen LogP contribution in [0.5, 0.6) is 5.75 Å². The summed E-state index contributed by atoms with van der Waals surface area (Å²) in [5.74, 6) is 1.46. The van der Waals surface area contributed by atoms with Crippen molar-refractivity contribution in [1.82, 2.24) is 9.97 Å². The molecule has 1 aliphatic heterocycles. The minimum atomic E-state index is -0.390. The summed E-state index contributed by atoms with van der Waals surface area (Å²) in [5.41, 5.74) is 5.26. The minimum absolute atomic E-state index is 0.390. The van der Waals surface area contributed by atoms with Gasteiger partial charge in [-0.1, -0.05) is 6.07 Å². The van der Waals surface area contributed by atoms with Crippen molar-refractivity contribution in [2.45, 2.75) is 6.42 Å². The topological polar surface area (TPSA) is 88.6 Å². The zero-order chi connectivity index (χ0) is 22.9. The summed E-state index contributed by atoms with van der Waals surface area (Å²) >= 11 is 1.55. The first-order chi connectivity index (χ1) is 16.1. The second kappa shape index (κ2) is 8.59. The summed E-state index contributed by atoms with van der Waals surface area (Å²) in [6.07, 6.45) is 0.999. The van der Waals surface area contributed by atoms with Gasteiger partial charge in [-0.05, 0) is 53.8 Å². The standard InChI is InChI=1S/C24H23N5O3S/c1-29-9-7-14-12-20(31-2)18(13-19(14)29)27-24-26-17-8-10-33-21(17)22(28-24)25-16-6-4-5-15(11-16)23(30)32-3/h4-6,8,10-13H,7,9H2,1-3H3,(H2,25,26,27,28). The molecule has 0 saturated carbocycles. The summed E-state index contributed by atoms with van der Waals surface area (Å²) < 4.78 is 11.4. The molecular weight excluding hydrogens is 438 g/mol. The van der Waals surface area contributed by atoms with Gasteiger partial charge in [0.25, 0.3) is 0 Å². The normalized spacial score (nSPS) is 12.5. The van der Waals surface area contributed by atoms with Crippen molar-refractivity contribution in [3.05, 3.63) is 59.0 Å². The Balaban J connectivity index is 1.51. The molecule has 33 heavy (non-hydrogen) atoms. The molecule has 4 aromatic rings. The number of thiophene rings is 1. The third kappa shape index (κ3) is 4.03. The number of carbonyl (C=O) groups is 1. The number of nitrogens with one attached hydrogen (secondary N) is 2. The molecule has 5 rings (SSSR count). The number of carbonyl (C=O) groups excluding carboxylic acids is 1. The lowest BCUT2D eigenvalue weighted by atomic mass is 10.1. The van der Waals surface area contributed by atoms with E-state index in [0.717, 1.165) is 40.3 Å². The number of esters is 1. The fourth-order valence-electron chi connectivity index (χ4n) is 3.94. The van der Waals surface area contributed by atoms with E-state index in [1.54, 1.807) is 36.6 Å². The van der Waals surface area contributed by atoms with Gasteiger partial charge in [0, 0.05) is 25.0 Å². The Morgan fingerprint density at radius 3 is 2.82 bits per heavy atom. The molecule has 0 radical (unpaired) electrons. The van der Waals surface area contributed by atoms with E-state index in [0.29, 0.717) is 17.3 Å². The van der Waals surface area contributed by atoms with Crippen molar-refractivity contribution in [3.8, 4) is 5.75 Å². The number of anilines is 5. The molecule has 1 aliphatic rings. The van der Waals surface area contributed by atoms with Crippen molar-refractivity contribution in [1.29, 1.82) is 0 Å². The second-order valence-corrected chi connectivity index (χ2v) is 8.62. The highest BCUT2D eigenvalue weighted by Gasteiger charge is 2.20. The second-order valence-electron chi connectivity index (χ2n) is 7.71. The molecule has 0 atom stereocenters. The van der Waals surface area contributed by atoms with Gasteiger partial charge in [0.05, 0.1) is 35.7 Å². The summed E-state index contributed by atoms with van der Waals surface area (Å²) in [4.78, 5) is 23.6. The quantitative estimate of drug-likeness (QED) is 0.389. The van der Waals surface area contributed by atoms with Gasteiger partial charge in [-0.3, -0.25) is 0 Å². The number of aromatic nitrogens is 2. The molecule has 0 spiro atoms. The van der Waals surface area contributed by atoms with Gasteiger partial charge in [0.1, 0.15) is 5.75 Å². The van der Waals surface area contributed by atoms with E-state index in [-0.39, 0.29) is 0 Å². The van der Waals surface area contributed by atoms with E-state index in [1.807, 2.05) is 17.5 Å². The molecule has 8 nitrogen and oxygen atoms in total. The Bertz CT molecular complexity index is 1350. The van der Waals surface area contributed by atoms with Crippen LogP contribution in [-0.2, 0) is 11.2 Å². The number of nitrogens with zero attached hydrogens (tertiary/aromatic N) is 3. The smallest absolute Gasteiger partial charge is 0.337 e. The van der Waals surface area contributed by atoms with Crippen LogP contribution >= 0.6 is 11.3 Å². The third-order valence-electron chi connectivity index (χ3n) is 5.63. The molecule has 9 heteroatoms. The lowest BCUT2D eigenvalue weighted by molar-refractivity contribution is 0.0601. The van der Waals surface area contributed by atoms with Gasteiger partial charge in [-0.2, -0.15) is 4.98 Å². The number of hydrogen-bond acceptors (Lipinski definition) is 9. The van der Waals surface area contributed by atoms with Crippen LogP contribution in [0.4, 0.5) is 28.8 Å². The van der Waals surface area contributed by atoms with E-state index in [2.05, 4.69) is 39.7 Å². The first-order valence-electron chi connectivity index (χ1n) is 10.5. The van der Waals surface area contributed by atoms with Crippen molar-refractivity contribution in [2.24, 2.45) is 0 Å². The van der Waals surface area contributed by atoms with E-state index in [4.69, 9.17) is 14.5 Å². The minimum Gasteiger partial charge on any atom is -0.495 e. The van der Waals surface area contributed by atoms with Crippen LogP contribution in [0.25, 0.3) is 10.2 Å². The van der Waals surface area contributed by atoms with Crippen molar-refractivity contribution >= 4 is 56.4 Å². The van der Waals surface area contributed by atoms with E-state index < -0.39 is 5.97 Å². The fourth-order valence-corrected chi connectivity index (χ4v) is 4.72. The first kappa shape index (κ1) is 21.0. The fraction of sp³-hybridized carbons (Fsp3) is 0.208. The Morgan fingerprint density at radius 2 is 2.00 bits per heavy atom. The van der Waals surface area contributed by atoms with Gasteiger partial charge >= 0.3 is 5.97 Å². The van der Waals surface area contributed by atoms with Gasteiger partial charge < -0.3 is 25.0 Å². The Labute approximate surface area is 195 Å². The summed E-state index contributed by atoms with van der Waals surface area (Å²) in [6.45, 7) is 0.984. The predicted molar refractivity (Wildman–Crippen MR) is 132 cm³/mol. The van der Waals surface area contributed by atoms with E-state index in [1.165, 1.54) is 18.4 Å². The van der Waals surface area contributed by atoms with Crippen LogP contribution in [0.15, 0.2) is 47.8 Å². The van der Waals surface area contributed by atoms with Gasteiger partial charge in [-0.15, -0.1) is 11.3 Å². The van der Waals surface area contributed by atoms with Crippen molar-refractivity contribution in [3.63, 3.8) is 0 Å².